The van der Waals surface area contributed by atoms with E-state index < -0.39 is 5.82 Å². The van der Waals surface area contributed by atoms with Crippen molar-refractivity contribution < 1.29 is 9.18 Å². The number of fused-ring (bicyclic) bond motifs is 1. The van der Waals surface area contributed by atoms with E-state index in [4.69, 9.17) is 4.98 Å². The molecule has 0 spiro atoms. The maximum Gasteiger partial charge on any atom is 0.256 e. The van der Waals surface area contributed by atoms with Crippen LogP contribution in [0.2, 0.25) is 0 Å². The van der Waals surface area contributed by atoms with E-state index in [1.807, 2.05) is 37.3 Å². The van der Waals surface area contributed by atoms with E-state index in [-0.39, 0.29) is 11.6 Å². The molecule has 3 heterocycles. The lowest BCUT2D eigenvalue weighted by atomic mass is 10.0. The van der Waals surface area contributed by atoms with E-state index >= 15 is 0 Å². The first kappa shape index (κ1) is 19.6. The summed E-state index contributed by atoms with van der Waals surface area (Å²) in [6, 6.07) is 15.7. The third kappa shape index (κ3) is 3.39. The molecule has 2 aromatic carbocycles. The van der Waals surface area contributed by atoms with Crippen molar-refractivity contribution in [2.45, 2.75) is 6.92 Å². The number of aryl methyl sites for hydroxylation is 2. The number of anilines is 1. The third-order valence-electron chi connectivity index (χ3n) is 5.15. The van der Waals surface area contributed by atoms with Gasteiger partial charge in [0.2, 0.25) is 0 Å². The molecule has 0 fully saturated rings. The fraction of sp³-hybridized carbons (Fsp3) is 0.0870. The number of halogens is 1. The van der Waals surface area contributed by atoms with Gasteiger partial charge >= 0.3 is 0 Å². The monoisotopic (exact) mass is 427 g/mol. The molecule has 0 atom stereocenters. The largest absolute Gasteiger partial charge is 0.322 e. The Kier molecular flexibility index (Phi) is 4.70. The Morgan fingerprint density at radius 1 is 1.09 bits per heavy atom. The van der Waals surface area contributed by atoms with Crippen molar-refractivity contribution in [1.82, 2.24) is 29.5 Å². The van der Waals surface area contributed by atoms with Crippen LogP contribution < -0.4 is 5.32 Å². The summed E-state index contributed by atoms with van der Waals surface area (Å²) in [5, 5.41) is 11.8. The van der Waals surface area contributed by atoms with Crippen LogP contribution in [0.5, 0.6) is 0 Å². The number of benzene rings is 2. The summed E-state index contributed by atoms with van der Waals surface area (Å²) in [5.41, 5.74) is 3.80. The molecule has 0 unspecified atom stereocenters. The molecule has 0 saturated carbocycles. The van der Waals surface area contributed by atoms with Crippen LogP contribution in [-0.2, 0) is 7.05 Å². The van der Waals surface area contributed by atoms with Crippen LogP contribution in [0.4, 0.5) is 10.1 Å². The van der Waals surface area contributed by atoms with Crippen molar-refractivity contribution in [3.63, 3.8) is 0 Å². The zero-order valence-corrected chi connectivity index (χ0v) is 17.3. The van der Waals surface area contributed by atoms with Crippen LogP contribution in [0.3, 0.4) is 0 Å². The van der Waals surface area contributed by atoms with Gasteiger partial charge in [0.15, 0.2) is 11.5 Å². The van der Waals surface area contributed by atoms with Crippen molar-refractivity contribution in [2.24, 2.45) is 7.05 Å². The lowest BCUT2D eigenvalue weighted by Crippen LogP contribution is -2.14. The molecule has 1 amide bonds. The van der Waals surface area contributed by atoms with Gasteiger partial charge in [0.1, 0.15) is 18.3 Å². The van der Waals surface area contributed by atoms with Gasteiger partial charge in [0.25, 0.3) is 5.91 Å². The standard InChI is InChI=1S/C23H18FN7O/c1-14-21-17(11-19(15-6-4-3-5-7-15)28-22(21)30(2)29-14)23(32)27-16-8-9-20(18(24)10-16)31-13-25-12-26-31/h3-13H,1-2H3,(H,27,32). The highest BCUT2D eigenvalue weighted by molar-refractivity contribution is 6.13. The van der Waals surface area contributed by atoms with Gasteiger partial charge in [-0.2, -0.15) is 10.2 Å². The number of nitrogens with one attached hydrogen (secondary N) is 1. The Morgan fingerprint density at radius 2 is 1.91 bits per heavy atom. The minimum Gasteiger partial charge on any atom is -0.322 e. The molecule has 32 heavy (non-hydrogen) atoms. The van der Waals surface area contributed by atoms with Crippen molar-refractivity contribution in [3.05, 3.63) is 84.3 Å². The molecule has 0 aliphatic rings. The third-order valence-corrected chi connectivity index (χ3v) is 5.15. The molecular formula is C23H18FN7O. The number of carbonyl (C=O) groups excluding carboxylic acids is 1. The molecule has 3 aromatic heterocycles. The summed E-state index contributed by atoms with van der Waals surface area (Å²) in [6.07, 6.45) is 2.73. The molecule has 9 heteroatoms. The summed E-state index contributed by atoms with van der Waals surface area (Å²) < 4.78 is 17.6. The normalized spacial score (nSPS) is 11.1. The van der Waals surface area contributed by atoms with E-state index in [2.05, 4.69) is 20.5 Å². The fourth-order valence-electron chi connectivity index (χ4n) is 3.68. The highest BCUT2D eigenvalue weighted by Crippen LogP contribution is 2.28. The van der Waals surface area contributed by atoms with Crippen molar-refractivity contribution in [3.8, 4) is 16.9 Å². The predicted octanol–water partition coefficient (Wildman–Crippen LogP) is 3.92. The molecular weight excluding hydrogens is 409 g/mol. The van der Waals surface area contributed by atoms with E-state index in [0.717, 1.165) is 5.56 Å². The average Bonchev–Trinajstić information content (AvgIpc) is 3.42. The number of hydrogen-bond donors (Lipinski definition) is 1. The molecule has 0 saturated heterocycles. The van der Waals surface area contributed by atoms with Gasteiger partial charge < -0.3 is 5.32 Å². The van der Waals surface area contributed by atoms with Gasteiger partial charge in [-0.3, -0.25) is 9.48 Å². The second kappa shape index (κ2) is 7.69. The Balaban J connectivity index is 1.55. The lowest BCUT2D eigenvalue weighted by Gasteiger charge is -2.11. The zero-order chi connectivity index (χ0) is 22.2. The first-order valence-electron chi connectivity index (χ1n) is 9.87. The van der Waals surface area contributed by atoms with E-state index in [1.54, 1.807) is 23.9 Å². The number of nitrogens with zero attached hydrogens (tertiary/aromatic N) is 6. The fourth-order valence-corrected chi connectivity index (χ4v) is 3.68. The molecule has 158 valence electrons. The smallest absolute Gasteiger partial charge is 0.256 e. The zero-order valence-electron chi connectivity index (χ0n) is 17.3. The number of pyridine rings is 1. The van der Waals surface area contributed by atoms with E-state index in [1.165, 1.54) is 29.5 Å². The number of carbonyl (C=O) groups is 1. The molecule has 5 aromatic rings. The quantitative estimate of drug-likeness (QED) is 0.470. The SMILES string of the molecule is Cc1nn(C)c2nc(-c3ccccc3)cc(C(=O)Nc3ccc(-n4cncn4)c(F)c3)c12. The Bertz CT molecular complexity index is 1440. The highest BCUT2D eigenvalue weighted by Gasteiger charge is 2.20. The van der Waals surface area contributed by atoms with Gasteiger partial charge in [0.05, 0.1) is 22.3 Å². The van der Waals surface area contributed by atoms with Crippen LogP contribution >= 0.6 is 0 Å². The van der Waals surface area contributed by atoms with Crippen LogP contribution in [0.15, 0.2) is 67.3 Å². The summed E-state index contributed by atoms with van der Waals surface area (Å²) in [7, 11) is 1.79. The van der Waals surface area contributed by atoms with Crippen LogP contribution in [0.25, 0.3) is 28.0 Å². The topological polar surface area (TPSA) is 90.5 Å². The molecule has 1 N–H and O–H groups in total. The first-order valence-corrected chi connectivity index (χ1v) is 9.87. The van der Waals surface area contributed by atoms with E-state index in [9.17, 15) is 9.18 Å². The summed E-state index contributed by atoms with van der Waals surface area (Å²) in [4.78, 5) is 21.8. The number of hydrogen-bond acceptors (Lipinski definition) is 5. The summed E-state index contributed by atoms with van der Waals surface area (Å²) in [6.45, 7) is 1.83. The first-order chi connectivity index (χ1) is 15.5. The molecule has 0 radical (unpaired) electrons. The van der Waals surface area contributed by atoms with Gasteiger partial charge in [-0.1, -0.05) is 30.3 Å². The summed E-state index contributed by atoms with van der Waals surface area (Å²) >= 11 is 0. The lowest BCUT2D eigenvalue weighted by molar-refractivity contribution is 0.102. The molecule has 0 bridgehead atoms. The maximum absolute atomic E-state index is 14.6. The van der Waals surface area contributed by atoms with Crippen LogP contribution in [0, 0.1) is 12.7 Å². The van der Waals surface area contributed by atoms with Gasteiger partial charge in [-0.25, -0.2) is 19.0 Å². The molecule has 0 aliphatic carbocycles. The second-order valence-electron chi connectivity index (χ2n) is 7.29. The Hall–Kier alpha value is -4.40. The minimum absolute atomic E-state index is 0.237. The molecule has 0 aliphatic heterocycles. The number of aromatic nitrogens is 6. The van der Waals surface area contributed by atoms with Crippen LogP contribution in [0.1, 0.15) is 16.1 Å². The van der Waals surface area contributed by atoms with Crippen LogP contribution in [-0.4, -0.2) is 35.4 Å². The van der Waals surface area contributed by atoms with Gasteiger partial charge in [0, 0.05) is 18.3 Å². The van der Waals surface area contributed by atoms with Crippen molar-refractivity contribution in [2.75, 3.05) is 5.32 Å². The Morgan fingerprint density at radius 3 is 2.62 bits per heavy atom. The Labute approximate surface area is 182 Å². The van der Waals surface area contributed by atoms with Gasteiger partial charge in [-0.15, -0.1) is 0 Å². The maximum atomic E-state index is 14.6. The molecule has 8 nitrogen and oxygen atoms in total. The highest BCUT2D eigenvalue weighted by atomic mass is 19.1. The van der Waals surface area contributed by atoms with Gasteiger partial charge in [-0.05, 0) is 31.2 Å². The number of rotatable bonds is 4. The minimum atomic E-state index is -0.532. The van der Waals surface area contributed by atoms with Crippen molar-refractivity contribution in [1.29, 1.82) is 0 Å². The molecule has 5 rings (SSSR count). The summed E-state index contributed by atoms with van der Waals surface area (Å²) in [5.74, 6) is -0.908. The second-order valence-corrected chi connectivity index (χ2v) is 7.29. The van der Waals surface area contributed by atoms with Crippen molar-refractivity contribution >= 4 is 22.6 Å². The van der Waals surface area contributed by atoms with E-state index in [0.29, 0.717) is 33.7 Å². The predicted molar refractivity (Wildman–Crippen MR) is 118 cm³/mol. The number of amides is 1. The average molecular weight is 427 g/mol.